The first kappa shape index (κ1) is 14.0. The first-order valence-electron chi connectivity index (χ1n) is 7.08. The van der Waals surface area contributed by atoms with Crippen LogP contribution in [0.15, 0.2) is 53.4 Å². The third kappa shape index (κ3) is 3.39. The second-order valence-electron chi connectivity index (χ2n) is 5.19. The van der Waals surface area contributed by atoms with Gasteiger partial charge in [-0.15, -0.1) is 11.8 Å². The molecular weight excluding hydrogens is 280 g/mol. The Morgan fingerprint density at radius 1 is 1.14 bits per heavy atom. The largest absolute Gasteiger partial charge is 0.331 e. The van der Waals surface area contributed by atoms with Crippen molar-refractivity contribution in [1.82, 2.24) is 5.32 Å². The normalized spacial score (nSPS) is 16.9. The average molecular weight is 298 g/mol. The van der Waals surface area contributed by atoms with Crippen LogP contribution in [0.5, 0.6) is 0 Å². The fourth-order valence-corrected chi connectivity index (χ4v) is 3.58. The van der Waals surface area contributed by atoms with Gasteiger partial charge in [-0.2, -0.15) is 0 Å². The molecule has 2 aromatic rings. The molecule has 21 heavy (non-hydrogen) atoms. The van der Waals surface area contributed by atoms with Gasteiger partial charge >= 0.3 is 6.03 Å². The number of nitrogens with one attached hydrogen (secondary N) is 2. The fraction of sp³-hybridized carbons (Fsp3) is 0.235. The van der Waals surface area contributed by atoms with E-state index in [0.29, 0.717) is 0 Å². The van der Waals surface area contributed by atoms with Gasteiger partial charge in [-0.1, -0.05) is 35.9 Å². The Bertz CT molecular complexity index is 639. The molecule has 0 spiro atoms. The Morgan fingerprint density at radius 3 is 2.71 bits per heavy atom. The number of amides is 2. The predicted octanol–water partition coefficient (Wildman–Crippen LogP) is 4.35. The number of anilines is 1. The van der Waals surface area contributed by atoms with Crippen molar-refractivity contribution in [3.8, 4) is 0 Å². The van der Waals surface area contributed by atoms with E-state index < -0.39 is 0 Å². The van der Waals surface area contributed by atoms with E-state index in [4.69, 9.17) is 0 Å². The van der Waals surface area contributed by atoms with Crippen LogP contribution in [0.1, 0.15) is 23.6 Å². The second kappa shape index (κ2) is 6.22. The lowest BCUT2D eigenvalue weighted by Gasteiger charge is -2.25. The van der Waals surface area contributed by atoms with Crippen LogP contribution in [0.2, 0.25) is 0 Å². The molecule has 3 rings (SSSR count). The molecule has 108 valence electrons. The highest BCUT2D eigenvalue weighted by atomic mass is 32.2. The van der Waals surface area contributed by atoms with Crippen molar-refractivity contribution < 1.29 is 4.79 Å². The van der Waals surface area contributed by atoms with Gasteiger partial charge in [0, 0.05) is 16.3 Å². The molecule has 1 atom stereocenters. The van der Waals surface area contributed by atoms with Crippen LogP contribution in [0, 0.1) is 6.92 Å². The van der Waals surface area contributed by atoms with E-state index in [1.807, 2.05) is 55.1 Å². The monoisotopic (exact) mass is 298 g/mol. The molecule has 0 aromatic heterocycles. The first-order valence-corrected chi connectivity index (χ1v) is 8.07. The topological polar surface area (TPSA) is 41.1 Å². The minimum atomic E-state index is -0.148. The van der Waals surface area contributed by atoms with Crippen molar-refractivity contribution in [2.24, 2.45) is 0 Å². The molecule has 0 saturated heterocycles. The van der Waals surface area contributed by atoms with Gasteiger partial charge in [-0.3, -0.25) is 0 Å². The number of aryl methyl sites for hydroxylation is 1. The van der Waals surface area contributed by atoms with Crippen molar-refractivity contribution in [3.05, 3.63) is 59.7 Å². The zero-order valence-corrected chi connectivity index (χ0v) is 12.7. The van der Waals surface area contributed by atoms with Crippen molar-refractivity contribution in [1.29, 1.82) is 0 Å². The Morgan fingerprint density at radius 2 is 1.90 bits per heavy atom. The summed E-state index contributed by atoms with van der Waals surface area (Å²) in [4.78, 5) is 13.4. The first-order chi connectivity index (χ1) is 10.2. The minimum Gasteiger partial charge on any atom is -0.331 e. The quantitative estimate of drug-likeness (QED) is 0.865. The number of thioether (sulfide) groups is 1. The van der Waals surface area contributed by atoms with Gasteiger partial charge in [-0.05, 0) is 37.1 Å². The van der Waals surface area contributed by atoms with Crippen LogP contribution < -0.4 is 10.6 Å². The number of carbonyl (C=O) groups excluding carboxylic acids is 1. The third-order valence-electron chi connectivity index (χ3n) is 3.57. The molecule has 1 heterocycles. The number of fused-ring (bicyclic) bond motifs is 1. The van der Waals surface area contributed by atoms with Gasteiger partial charge in [0.15, 0.2) is 0 Å². The number of rotatable bonds is 2. The molecule has 2 aromatic carbocycles. The van der Waals surface area contributed by atoms with E-state index in [1.54, 1.807) is 0 Å². The van der Waals surface area contributed by atoms with Crippen molar-refractivity contribution >= 4 is 23.5 Å². The summed E-state index contributed by atoms with van der Waals surface area (Å²) in [6, 6.07) is 16.0. The van der Waals surface area contributed by atoms with E-state index in [-0.39, 0.29) is 12.1 Å². The molecule has 0 saturated carbocycles. The Hall–Kier alpha value is -1.94. The lowest BCUT2D eigenvalue weighted by Crippen LogP contribution is -2.34. The second-order valence-corrected chi connectivity index (χ2v) is 6.33. The molecule has 0 bridgehead atoms. The minimum absolute atomic E-state index is 0.0906. The molecule has 0 aliphatic carbocycles. The van der Waals surface area contributed by atoms with Gasteiger partial charge in [0.25, 0.3) is 0 Å². The summed E-state index contributed by atoms with van der Waals surface area (Å²) in [6.07, 6.45) is 0.961. The van der Waals surface area contributed by atoms with Crippen LogP contribution in [0.3, 0.4) is 0 Å². The number of carbonyl (C=O) groups is 1. The maximum absolute atomic E-state index is 12.1. The van der Waals surface area contributed by atoms with Crippen LogP contribution in [0.25, 0.3) is 0 Å². The lowest BCUT2D eigenvalue weighted by molar-refractivity contribution is 0.248. The number of benzene rings is 2. The zero-order valence-electron chi connectivity index (χ0n) is 11.9. The van der Waals surface area contributed by atoms with Gasteiger partial charge in [0.2, 0.25) is 0 Å². The molecule has 2 N–H and O–H groups in total. The molecule has 0 radical (unpaired) electrons. The summed E-state index contributed by atoms with van der Waals surface area (Å²) in [5, 5.41) is 5.97. The van der Waals surface area contributed by atoms with Crippen LogP contribution in [0.4, 0.5) is 10.5 Å². The molecule has 0 unspecified atom stereocenters. The summed E-state index contributed by atoms with van der Waals surface area (Å²) in [5.41, 5.74) is 3.21. The summed E-state index contributed by atoms with van der Waals surface area (Å²) >= 11 is 1.85. The molecule has 2 amide bonds. The van der Waals surface area contributed by atoms with Crippen molar-refractivity contribution in [3.63, 3.8) is 0 Å². The average Bonchev–Trinajstić information content (AvgIpc) is 2.50. The van der Waals surface area contributed by atoms with Crippen LogP contribution in [-0.4, -0.2) is 11.8 Å². The molecule has 1 aliphatic rings. The Balaban J connectivity index is 1.67. The van der Waals surface area contributed by atoms with Gasteiger partial charge < -0.3 is 10.6 Å². The number of urea groups is 1. The SMILES string of the molecule is Cc1ccc(NC(=O)N[C@H]2CCSc3ccccc32)cc1. The molecule has 4 heteroatoms. The van der Waals surface area contributed by atoms with Crippen molar-refractivity contribution in [2.75, 3.05) is 11.1 Å². The van der Waals surface area contributed by atoms with Crippen LogP contribution >= 0.6 is 11.8 Å². The fourth-order valence-electron chi connectivity index (χ4n) is 2.45. The molecule has 1 aliphatic heterocycles. The highest BCUT2D eigenvalue weighted by Crippen LogP contribution is 2.35. The maximum atomic E-state index is 12.1. The van der Waals surface area contributed by atoms with Gasteiger partial charge in [0.05, 0.1) is 6.04 Å². The summed E-state index contributed by atoms with van der Waals surface area (Å²) in [5.74, 6) is 1.03. The van der Waals surface area contributed by atoms with Crippen molar-refractivity contribution in [2.45, 2.75) is 24.3 Å². The summed E-state index contributed by atoms with van der Waals surface area (Å²) < 4.78 is 0. The number of hydrogen-bond donors (Lipinski definition) is 2. The van der Waals surface area contributed by atoms with E-state index in [1.165, 1.54) is 16.0 Å². The molecule has 0 fully saturated rings. The highest BCUT2D eigenvalue weighted by molar-refractivity contribution is 7.99. The lowest BCUT2D eigenvalue weighted by atomic mass is 10.0. The van der Waals surface area contributed by atoms with E-state index >= 15 is 0 Å². The Labute approximate surface area is 129 Å². The van der Waals surface area contributed by atoms with E-state index in [2.05, 4.69) is 22.8 Å². The summed E-state index contributed by atoms with van der Waals surface area (Å²) in [6.45, 7) is 2.03. The maximum Gasteiger partial charge on any atom is 0.319 e. The molecular formula is C17H18N2OS. The smallest absolute Gasteiger partial charge is 0.319 e. The van der Waals surface area contributed by atoms with E-state index in [9.17, 15) is 4.79 Å². The zero-order chi connectivity index (χ0) is 14.7. The predicted molar refractivity (Wildman–Crippen MR) is 87.9 cm³/mol. The summed E-state index contributed by atoms with van der Waals surface area (Å²) in [7, 11) is 0. The van der Waals surface area contributed by atoms with Crippen LogP contribution in [-0.2, 0) is 0 Å². The third-order valence-corrected chi connectivity index (χ3v) is 4.70. The standard InChI is InChI=1S/C17H18N2OS/c1-12-6-8-13(9-7-12)18-17(20)19-15-10-11-21-16-5-3-2-4-14(15)16/h2-9,15H,10-11H2,1H3,(H2,18,19,20)/t15-/m0/s1. The van der Waals surface area contributed by atoms with E-state index in [0.717, 1.165) is 17.9 Å². The highest BCUT2D eigenvalue weighted by Gasteiger charge is 2.21. The van der Waals surface area contributed by atoms with Gasteiger partial charge in [0.1, 0.15) is 0 Å². The number of hydrogen-bond acceptors (Lipinski definition) is 2. The van der Waals surface area contributed by atoms with Gasteiger partial charge in [-0.25, -0.2) is 4.79 Å². The Kier molecular flexibility index (Phi) is 4.15. The molecule has 3 nitrogen and oxygen atoms in total.